The van der Waals surface area contributed by atoms with Crippen LogP contribution in [-0.4, -0.2) is 57.1 Å². The number of urea groups is 1. The number of carbonyl (C=O) groups excluding carboxylic acids is 2. The zero-order chi connectivity index (χ0) is 30.4. The van der Waals surface area contributed by atoms with Crippen molar-refractivity contribution in [2.24, 2.45) is 5.73 Å². The molecule has 0 atom stereocenters. The minimum atomic E-state index is -0.885. The van der Waals surface area contributed by atoms with Gasteiger partial charge in [0.25, 0.3) is 0 Å². The van der Waals surface area contributed by atoms with Gasteiger partial charge in [0.05, 0.1) is 53.5 Å². The van der Waals surface area contributed by atoms with Crippen molar-refractivity contribution in [3.05, 3.63) is 71.9 Å². The first-order chi connectivity index (χ1) is 19.1. The number of anilines is 1. The lowest BCUT2D eigenvalue weighted by Gasteiger charge is -2.21. The first-order valence-electron chi connectivity index (χ1n) is 12.1. The highest BCUT2D eigenvalue weighted by molar-refractivity contribution is 6.00. The number of rotatable bonds is 9. The van der Waals surface area contributed by atoms with Crippen LogP contribution in [0.3, 0.4) is 0 Å². The average molecular weight is 577 g/mol. The normalized spacial score (nSPS) is 9.39. The van der Waals surface area contributed by atoms with E-state index in [1.165, 1.54) is 57.3 Å². The van der Waals surface area contributed by atoms with E-state index in [2.05, 4.69) is 16.3 Å². The number of ether oxygens (including phenoxy) is 5. The van der Waals surface area contributed by atoms with Gasteiger partial charge in [-0.25, -0.2) is 14.0 Å². The number of benzene rings is 2. The topological polar surface area (TPSA) is 127 Å². The number of hydrogen-bond donors (Lipinski definition) is 1. The number of hydrogen-bond acceptors (Lipinski definition) is 8. The van der Waals surface area contributed by atoms with Gasteiger partial charge in [0.15, 0.2) is 11.5 Å². The van der Waals surface area contributed by atoms with Crippen molar-refractivity contribution >= 4 is 17.8 Å². The van der Waals surface area contributed by atoms with Gasteiger partial charge in [-0.1, -0.05) is 27.9 Å². The van der Waals surface area contributed by atoms with E-state index in [9.17, 15) is 14.0 Å². The summed E-state index contributed by atoms with van der Waals surface area (Å²) in [4.78, 5) is 30.6. The lowest BCUT2D eigenvalue weighted by Crippen LogP contribution is -2.36. The molecule has 226 valence electrons. The van der Waals surface area contributed by atoms with E-state index in [0.29, 0.717) is 22.7 Å². The quantitative estimate of drug-likeness (QED) is 0.252. The molecule has 0 radical (unpaired) electrons. The van der Waals surface area contributed by atoms with Crippen molar-refractivity contribution in [1.29, 1.82) is 0 Å². The second-order valence-corrected chi connectivity index (χ2v) is 7.58. The van der Waals surface area contributed by atoms with Crippen LogP contribution in [-0.2, 0) is 16.0 Å². The van der Waals surface area contributed by atoms with Crippen LogP contribution in [0.5, 0.6) is 17.5 Å². The van der Waals surface area contributed by atoms with Gasteiger partial charge in [-0.2, -0.15) is 4.98 Å². The van der Waals surface area contributed by atoms with Crippen LogP contribution < -0.4 is 24.8 Å². The number of primary amides is 1. The molecule has 2 aromatic carbocycles. The summed E-state index contributed by atoms with van der Waals surface area (Å²) in [6.07, 6.45) is 0. The third-order valence-corrected chi connectivity index (χ3v) is 5.17. The summed E-state index contributed by atoms with van der Waals surface area (Å²) in [5.74, 6) is 0.364. The Labute approximate surface area is 241 Å². The Balaban J connectivity index is 0.00000180. The predicted octanol–water partition coefficient (Wildman–Crippen LogP) is 5.74. The van der Waals surface area contributed by atoms with E-state index >= 15 is 0 Å². The summed E-state index contributed by atoms with van der Waals surface area (Å²) in [5, 5.41) is 0. The number of esters is 1. The van der Waals surface area contributed by atoms with Crippen molar-refractivity contribution in [3.63, 3.8) is 0 Å². The third-order valence-electron chi connectivity index (χ3n) is 5.17. The molecule has 0 saturated heterocycles. The Kier molecular flexibility index (Phi) is 15.7. The van der Waals surface area contributed by atoms with Crippen molar-refractivity contribution in [2.45, 2.75) is 34.7 Å². The number of halogens is 1. The Bertz CT molecular complexity index is 1280. The maximum absolute atomic E-state index is 13.5. The van der Waals surface area contributed by atoms with E-state index in [1.54, 1.807) is 32.2 Å². The predicted molar refractivity (Wildman–Crippen MR) is 157 cm³/mol. The molecular formula is C29H41FN4O7. The van der Waals surface area contributed by atoms with Gasteiger partial charge in [-0.15, -0.1) is 0 Å². The highest BCUT2D eigenvalue weighted by atomic mass is 19.1. The Morgan fingerprint density at radius 1 is 0.976 bits per heavy atom. The summed E-state index contributed by atoms with van der Waals surface area (Å²) >= 11 is 0. The Hall–Kier alpha value is -4.74. The molecular weight excluding hydrogens is 535 g/mol. The van der Waals surface area contributed by atoms with Gasteiger partial charge in [-0.05, 0) is 43.3 Å². The molecule has 0 aliphatic rings. The second kappa shape index (κ2) is 17.8. The summed E-state index contributed by atoms with van der Waals surface area (Å²) in [6.45, 7) is 9.17. The van der Waals surface area contributed by atoms with Crippen molar-refractivity contribution in [1.82, 2.24) is 9.55 Å². The van der Waals surface area contributed by atoms with Gasteiger partial charge in [-0.3, -0.25) is 9.47 Å². The van der Waals surface area contributed by atoms with E-state index < -0.39 is 17.8 Å². The zero-order valence-electron chi connectivity index (χ0n) is 24.1. The van der Waals surface area contributed by atoms with Crippen LogP contribution in [0.4, 0.5) is 15.0 Å². The van der Waals surface area contributed by atoms with Gasteiger partial charge in [0.1, 0.15) is 17.3 Å². The maximum Gasteiger partial charge on any atom is 0.359 e. The highest BCUT2D eigenvalue weighted by Crippen LogP contribution is 2.33. The van der Waals surface area contributed by atoms with Gasteiger partial charge in [0, 0.05) is 11.6 Å². The lowest BCUT2D eigenvalue weighted by molar-refractivity contribution is 0.0591. The third kappa shape index (κ3) is 9.45. The molecule has 0 aliphatic carbocycles. The molecule has 3 aromatic rings. The van der Waals surface area contributed by atoms with Gasteiger partial charge < -0.3 is 29.4 Å². The van der Waals surface area contributed by atoms with E-state index in [1.807, 2.05) is 13.8 Å². The van der Waals surface area contributed by atoms with Gasteiger partial charge in [0.2, 0.25) is 0 Å². The molecule has 1 heterocycles. The SMILES string of the molecule is C.C=C(C)OC.CC.COC(=O)c1c(N(Cc2ccc(OC)cc2OC)C(N)=O)nc(OC)n1-c1ccc(F)cc1. The molecule has 3 rings (SSSR count). The average Bonchev–Trinajstić information content (AvgIpc) is 3.36. The Morgan fingerprint density at radius 3 is 2.00 bits per heavy atom. The molecule has 11 nitrogen and oxygen atoms in total. The Morgan fingerprint density at radius 2 is 1.56 bits per heavy atom. The van der Waals surface area contributed by atoms with E-state index in [4.69, 9.17) is 24.7 Å². The molecule has 12 heteroatoms. The van der Waals surface area contributed by atoms with E-state index in [0.717, 1.165) is 10.7 Å². The molecule has 0 aliphatic heterocycles. The number of nitrogens with two attached hydrogens (primary N) is 1. The fourth-order valence-electron chi connectivity index (χ4n) is 3.23. The summed E-state index contributed by atoms with van der Waals surface area (Å²) < 4.78 is 40.2. The number of methoxy groups -OCH3 is 5. The number of nitrogens with zero attached hydrogens (tertiary/aromatic N) is 3. The van der Waals surface area contributed by atoms with Crippen molar-refractivity contribution in [2.75, 3.05) is 40.4 Å². The molecule has 2 amide bonds. The van der Waals surface area contributed by atoms with Crippen LogP contribution in [0.2, 0.25) is 0 Å². The molecule has 0 saturated carbocycles. The van der Waals surface area contributed by atoms with Crippen LogP contribution in [0.15, 0.2) is 54.8 Å². The number of amides is 2. The second-order valence-electron chi connectivity index (χ2n) is 7.58. The van der Waals surface area contributed by atoms with Crippen LogP contribution >= 0.6 is 0 Å². The summed E-state index contributed by atoms with van der Waals surface area (Å²) in [7, 11) is 7.11. The highest BCUT2D eigenvalue weighted by Gasteiger charge is 2.31. The molecule has 0 fully saturated rings. The number of carbonyl (C=O) groups is 2. The summed E-state index contributed by atoms with van der Waals surface area (Å²) in [5.41, 5.74) is 6.46. The van der Waals surface area contributed by atoms with Crippen molar-refractivity contribution < 1.29 is 37.7 Å². The van der Waals surface area contributed by atoms with E-state index in [-0.39, 0.29) is 31.5 Å². The number of imidazole rings is 1. The minimum absolute atomic E-state index is 0. The number of aromatic nitrogens is 2. The first kappa shape index (κ1) is 36.3. The van der Waals surface area contributed by atoms with Crippen molar-refractivity contribution in [3.8, 4) is 23.2 Å². The molecule has 0 spiro atoms. The van der Waals surface area contributed by atoms with Crippen LogP contribution in [0.25, 0.3) is 5.69 Å². The van der Waals surface area contributed by atoms with Crippen LogP contribution in [0.1, 0.15) is 44.2 Å². The first-order valence-corrected chi connectivity index (χ1v) is 12.1. The molecule has 1 aromatic heterocycles. The number of allylic oxidation sites excluding steroid dienone is 1. The van der Waals surface area contributed by atoms with Crippen LogP contribution in [0, 0.1) is 5.82 Å². The molecule has 2 N–H and O–H groups in total. The molecule has 41 heavy (non-hydrogen) atoms. The van der Waals surface area contributed by atoms with Gasteiger partial charge >= 0.3 is 18.0 Å². The fraction of sp³-hybridized carbons (Fsp3) is 0.345. The largest absolute Gasteiger partial charge is 0.502 e. The smallest absolute Gasteiger partial charge is 0.359 e. The summed E-state index contributed by atoms with van der Waals surface area (Å²) in [6, 6.07) is 9.39. The monoisotopic (exact) mass is 576 g/mol. The fourth-order valence-corrected chi connectivity index (χ4v) is 3.23. The minimum Gasteiger partial charge on any atom is -0.502 e. The molecule has 0 bridgehead atoms. The lowest BCUT2D eigenvalue weighted by atomic mass is 10.1. The maximum atomic E-state index is 13.5. The zero-order valence-corrected chi connectivity index (χ0v) is 24.1. The standard InChI is InChI=1S/C22H23FN4O6.C4H8O.C2H6.CH4/c1-30-16-10-5-13(17(11-16)31-2)12-26(21(24)29)19-18(20(28)32-3)27(22(25-19)33-4)15-8-6-14(23)7-9-15;1-4(2)5-3;1-2;/h5-11H,12H2,1-4H3,(H2,24,29);1H2,2-3H3;1-2H3;1H4. The molecule has 0 unspecified atom stereocenters.